The van der Waals surface area contributed by atoms with Gasteiger partial charge in [0.2, 0.25) is 0 Å². The highest BCUT2D eigenvalue weighted by molar-refractivity contribution is 4.90. The van der Waals surface area contributed by atoms with E-state index in [0.717, 1.165) is 0 Å². The second-order valence-electron chi connectivity index (χ2n) is 12.9. The number of hydrogen-bond acceptors (Lipinski definition) is 0. The Morgan fingerprint density at radius 2 is 0.846 bits per heavy atom. The van der Waals surface area contributed by atoms with Gasteiger partial charge in [0.15, 0.2) is 0 Å². The Morgan fingerprint density at radius 1 is 0.513 bits per heavy atom. The summed E-state index contributed by atoms with van der Waals surface area (Å²) in [7, 11) is 0. The van der Waals surface area contributed by atoms with Gasteiger partial charge in [0.25, 0.3) is 5.82 Å². The third-order valence-corrected chi connectivity index (χ3v) is 9.26. The topological polar surface area (TPSA) is 19.7 Å². The molecule has 1 N–H and O–H groups in total. The zero-order chi connectivity index (χ0) is 28.2. The average Bonchev–Trinajstić information content (AvgIpc) is 3.44. The van der Waals surface area contributed by atoms with Gasteiger partial charge >= 0.3 is 0 Å². The Hall–Kier alpha value is -0.790. The molecule has 39 heavy (non-hydrogen) atoms. The third kappa shape index (κ3) is 19.8. The smallest absolute Gasteiger partial charge is 0.247 e. The van der Waals surface area contributed by atoms with Crippen molar-refractivity contribution in [2.75, 3.05) is 0 Å². The summed E-state index contributed by atoms with van der Waals surface area (Å²) in [6, 6.07) is 0.600. The fourth-order valence-electron chi connectivity index (χ4n) is 6.33. The molecular formula is C37H73N2+. The molecule has 2 atom stereocenters. The number of hydrogen-bond donors (Lipinski definition) is 1. The van der Waals surface area contributed by atoms with Gasteiger partial charge in [-0.1, -0.05) is 181 Å². The second-order valence-corrected chi connectivity index (χ2v) is 12.9. The molecule has 1 aromatic heterocycles. The van der Waals surface area contributed by atoms with E-state index in [4.69, 9.17) is 0 Å². The lowest BCUT2D eigenvalue weighted by Gasteiger charge is -2.16. The quantitative estimate of drug-likeness (QED) is 0.0732. The number of H-pyrrole nitrogens is 1. The molecular weight excluding hydrogens is 472 g/mol. The van der Waals surface area contributed by atoms with Crippen LogP contribution in [-0.2, 0) is 0 Å². The number of aromatic nitrogens is 2. The van der Waals surface area contributed by atoms with Gasteiger partial charge in [0.1, 0.15) is 12.4 Å². The Balaban J connectivity index is 2.17. The summed E-state index contributed by atoms with van der Waals surface area (Å²) >= 11 is 0. The molecule has 0 radical (unpaired) electrons. The first-order chi connectivity index (χ1) is 19.2. The van der Waals surface area contributed by atoms with E-state index >= 15 is 0 Å². The van der Waals surface area contributed by atoms with Crippen molar-refractivity contribution >= 4 is 0 Å². The van der Waals surface area contributed by atoms with E-state index in [1.54, 1.807) is 0 Å². The van der Waals surface area contributed by atoms with Crippen LogP contribution in [0.25, 0.3) is 0 Å². The second kappa shape index (κ2) is 27.4. The third-order valence-electron chi connectivity index (χ3n) is 9.26. The maximum Gasteiger partial charge on any atom is 0.257 e. The number of nitrogens with zero attached hydrogens (tertiary/aromatic N) is 1. The first-order valence-corrected chi connectivity index (χ1v) is 18.3. The molecule has 2 unspecified atom stereocenters. The normalized spacial score (nSPS) is 13.2. The molecule has 0 aliphatic carbocycles. The van der Waals surface area contributed by atoms with Gasteiger partial charge in [0, 0.05) is 0 Å². The fourth-order valence-corrected chi connectivity index (χ4v) is 6.33. The molecule has 0 spiro atoms. The van der Waals surface area contributed by atoms with Gasteiger partial charge in [0.05, 0.1) is 12.0 Å². The Labute approximate surface area is 246 Å². The Morgan fingerprint density at radius 3 is 1.18 bits per heavy atom. The summed E-state index contributed by atoms with van der Waals surface area (Å²) in [5.74, 6) is 2.22. The molecule has 0 saturated carbocycles. The van der Waals surface area contributed by atoms with Crippen LogP contribution < -0.4 is 4.57 Å². The van der Waals surface area contributed by atoms with Gasteiger partial charge in [-0.2, -0.15) is 0 Å². The summed E-state index contributed by atoms with van der Waals surface area (Å²) in [5.41, 5.74) is 0. The van der Waals surface area contributed by atoms with E-state index in [9.17, 15) is 0 Å². The zero-order valence-electron chi connectivity index (χ0n) is 27.6. The van der Waals surface area contributed by atoms with Gasteiger partial charge in [-0.25, -0.2) is 9.55 Å². The van der Waals surface area contributed by atoms with Crippen LogP contribution in [0.2, 0.25) is 0 Å². The lowest BCUT2D eigenvalue weighted by Crippen LogP contribution is -2.40. The van der Waals surface area contributed by atoms with Crippen molar-refractivity contribution in [2.45, 2.75) is 219 Å². The molecule has 2 heteroatoms. The average molecular weight is 546 g/mol. The van der Waals surface area contributed by atoms with Gasteiger partial charge < -0.3 is 0 Å². The number of aromatic amines is 1. The van der Waals surface area contributed by atoms with Crippen molar-refractivity contribution in [1.82, 2.24) is 4.98 Å². The SMILES string of the molecule is CCCCCCCCCCCCCCCCCCC(CCCCCCCCCCC)c1[nH]cc[n+]1C(C)CC. The van der Waals surface area contributed by atoms with Crippen LogP contribution in [0, 0.1) is 0 Å². The summed E-state index contributed by atoms with van der Waals surface area (Å²) < 4.78 is 2.55. The molecule has 0 fully saturated rings. The highest BCUT2D eigenvalue weighted by Gasteiger charge is 2.24. The van der Waals surface area contributed by atoms with Gasteiger partial charge in [-0.3, -0.25) is 0 Å². The number of rotatable bonds is 30. The molecule has 1 heterocycles. The van der Waals surface area contributed by atoms with Crippen molar-refractivity contribution in [2.24, 2.45) is 0 Å². The molecule has 0 aliphatic heterocycles. The minimum Gasteiger partial charge on any atom is -0.247 e. The first-order valence-electron chi connectivity index (χ1n) is 18.3. The zero-order valence-corrected chi connectivity index (χ0v) is 27.6. The van der Waals surface area contributed by atoms with E-state index in [1.807, 2.05) is 0 Å². The van der Waals surface area contributed by atoms with Crippen LogP contribution in [0.1, 0.15) is 225 Å². The van der Waals surface area contributed by atoms with E-state index in [2.05, 4.69) is 49.6 Å². The van der Waals surface area contributed by atoms with Crippen molar-refractivity contribution in [3.63, 3.8) is 0 Å². The lowest BCUT2D eigenvalue weighted by atomic mass is 9.93. The van der Waals surface area contributed by atoms with E-state index in [0.29, 0.717) is 12.0 Å². The molecule has 230 valence electrons. The molecule has 0 saturated heterocycles. The minimum absolute atomic E-state index is 0.600. The summed E-state index contributed by atoms with van der Waals surface area (Å²) in [4.78, 5) is 3.67. The van der Waals surface area contributed by atoms with Crippen LogP contribution in [0.3, 0.4) is 0 Å². The molecule has 1 rings (SSSR count). The highest BCUT2D eigenvalue weighted by Crippen LogP contribution is 2.27. The molecule has 1 aromatic rings. The van der Waals surface area contributed by atoms with Crippen LogP contribution in [0.5, 0.6) is 0 Å². The first kappa shape index (κ1) is 36.2. The predicted molar refractivity (Wildman–Crippen MR) is 175 cm³/mol. The Bertz CT molecular complexity index is 606. The summed E-state index contributed by atoms with van der Waals surface area (Å²) in [6.07, 6.45) is 44.5. The largest absolute Gasteiger partial charge is 0.257 e. The van der Waals surface area contributed by atoms with Crippen molar-refractivity contribution < 1.29 is 4.57 Å². The van der Waals surface area contributed by atoms with Gasteiger partial charge in [-0.15, -0.1) is 0 Å². The van der Waals surface area contributed by atoms with E-state index in [-0.39, 0.29) is 0 Å². The highest BCUT2D eigenvalue weighted by atomic mass is 15.1. The number of imidazole rings is 1. The molecule has 2 nitrogen and oxygen atoms in total. The maximum atomic E-state index is 3.67. The molecule has 0 aromatic carbocycles. The summed E-state index contributed by atoms with van der Waals surface area (Å²) in [6.45, 7) is 9.31. The Kier molecular flexibility index (Phi) is 25.4. The van der Waals surface area contributed by atoms with E-state index in [1.165, 1.54) is 186 Å². The van der Waals surface area contributed by atoms with Crippen LogP contribution >= 0.6 is 0 Å². The van der Waals surface area contributed by atoms with E-state index < -0.39 is 0 Å². The fraction of sp³-hybridized carbons (Fsp3) is 0.919. The minimum atomic E-state index is 0.600. The number of nitrogens with one attached hydrogen (secondary N) is 1. The van der Waals surface area contributed by atoms with Crippen LogP contribution in [0.15, 0.2) is 12.4 Å². The lowest BCUT2D eigenvalue weighted by molar-refractivity contribution is -0.726. The summed E-state index contributed by atoms with van der Waals surface area (Å²) in [5, 5.41) is 0. The van der Waals surface area contributed by atoms with Crippen molar-refractivity contribution in [3.8, 4) is 0 Å². The molecule has 0 bridgehead atoms. The van der Waals surface area contributed by atoms with Crippen molar-refractivity contribution in [3.05, 3.63) is 18.2 Å². The maximum absolute atomic E-state index is 3.67. The molecule has 0 amide bonds. The monoisotopic (exact) mass is 546 g/mol. The standard InChI is InChI=1S/C37H72N2/c1-5-8-10-12-14-16-17-18-19-20-21-22-24-26-28-30-32-36(37-38-33-34-39(37)35(4)7-3)31-29-27-25-23-15-13-11-9-6-2/h33-36H,5-32H2,1-4H3/p+1. The number of unbranched alkanes of at least 4 members (excludes halogenated alkanes) is 23. The van der Waals surface area contributed by atoms with Crippen LogP contribution in [0.4, 0.5) is 0 Å². The van der Waals surface area contributed by atoms with Crippen LogP contribution in [-0.4, -0.2) is 4.98 Å². The van der Waals surface area contributed by atoms with Crippen molar-refractivity contribution in [1.29, 1.82) is 0 Å². The molecule has 0 aliphatic rings. The predicted octanol–water partition coefficient (Wildman–Crippen LogP) is 12.9. The van der Waals surface area contributed by atoms with Gasteiger partial charge in [-0.05, 0) is 26.2 Å².